The van der Waals surface area contributed by atoms with Crippen LogP contribution >= 0.6 is 0 Å². The van der Waals surface area contributed by atoms with Crippen molar-refractivity contribution in [2.24, 2.45) is 0 Å². The Morgan fingerprint density at radius 3 is 3.06 bits per heavy atom. The molecule has 0 radical (unpaired) electrons. The molecule has 1 amide bonds. The Hall–Kier alpha value is -1.73. The van der Waals surface area contributed by atoms with Gasteiger partial charge in [0.05, 0.1) is 6.61 Å². The Balaban J connectivity index is 2.56. The number of ether oxygens (including phenoxy) is 1. The fraction of sp³-hybridized carbons (Fsp3) is 0.444. The van der Waals surface area contributed by atoms with Gasteiger partial charge in [0.2, 0.25) is 5.91 Å². The first-order valence-electron chi connectivity index (χ1n) is 4.64. The van der Waals surface area contributed by atoms with E-state index in [2.05, 4.69) is 15.3 Å². The summed E-state index contributed by atoms with van der Waals surface area (Å²) < 4.78 is 5.00. The van der Waals surface area contributed by atoms with Crippen molar-refractivity contribution in [3.8, 4) is 6.01 Å². The highest BCUT2D eigenvalue weighted by Gasteiger charge is 2.06. The fourth-order valence-corrected chi connectivity index (χ4v) is 0.884. The third-order valence-corrected chi connectivity index (χ3v) is 1.55. The number of nitrogens with one attached hydrogen (secondary N) is 1. The predicted octanol–water partition coefficient (Wildman–Crippen LogP) is -0.833. The standard InChI is InChI=1S/C9H13N3O4/c1-6(14)11-8-2-3-10-9(12-8)16-5-7(15)4-13/h2-3,7,13,15H,4-5H2,1H3,(H,10,11,12,14)/t7-/m0/s1. The number of aliphatic hydroxyl groups excluding tert-OH is 2. The Morgan fingerprint density at radius 1 is 1.69 bits per heavy atom. The summed E-state index contributed by atoms with van der Waals surface area (Å²) in [5.74, 6) is 0.0658. The molecule has 1 aromatic rings. The van der Waals surface area contributed by atoms with Gasteiger partial charge in [-0.2, -0.15) is 4.98 Å². The summed E-state index contributed by atoms with van der Waals surface area (Å²) in [5, 5.41) is 20.1. The van der Waals surface area contributed by atoms with E-state index in [0.717, 1.165) is 0 Å². The van der Waals surface area contributed by atoms with Crippen LogP contribution in [0.2, 0.25) is 0 Å². The number of hydrogen-bond donors (Lipinski definition) is 3. The molecular weight excluding hydrogens is 214 g/mol. The average Bonchev–Trinajstić information content (AvgIpc) is 2.25. The number of carbonyl (C=O) groups excluding carboxylic acids is 1. The summed E-state index contributed by atoms with van der Waals surface area (Å²) in [6.07, 6.45) is 0.437. The van der Waals surface area contributed by atoms with Gasteiger partial charge in [0.1, 0.15) is 18.5 Å². The van der Waals surface area contributed by atoms with Gasteiger partial charge in [-0.1, -0.05) is 0 Å². The first-order valence-corrected chi connectivity index (χ1v) is 4.64. The normalized spacial score (nSPS) is 11.9. The smallest absolute Gasteiger partial charge is 0.318 e. The van der Waals surface area contributed by atoms with Gasteiger partial charge in [0.15, 0.2) is 0 Å². The molecule has 0 aliphatic rings. The van der Waals surface area contributed by atoms with E-state index in [1.165, 1.54) is 19.2 Å². The second kappa shape index (κ2) is 5.99. The van der Waals surface area contributed by atoms with Crippen molar-refractivity contribution in [1.82, 2.24) is 9.97 Å². The minimum absolute atomic E-state index is 0.0266. The monoisotopic (exact) mass is 227 g/mol. The molecule has 0 spiro atoms. The van der Waals surface area contributed by atoms with Crippen LogP contribution in [0.3, 0.4) is 0 Å². The van der Waals surface area contributed by atoms with Crippen LogP contribution in [0.5, 0.6) is 6.01 Å². The zero-order chi connectivity index (χ0) is 12.0. The fourth-order valence-electron chi connectivity index (χ4n) is 0.884. The molecule has 1 heterocycles. The topological polar surface area (TPSA) is 105 Å². The average molecular weight is 227 g/mol. The number of nitrogens with zero attached hydrogens (tertiary/aromatic N) is 2. The molecule has 16 heavy (non-hydrogen) atoms. The van der Waals surface area contributed by atoms with Gasteiger partial charge >= 0.3 is 6.01 Å². The maximum Gasteiger partial charge on any atom is 0.318 e. The van der Waals surface area contributed by atoms with E-state index in [1.54, 1.807) is 0 Å². The molecule has 7 nitrogen and oxygen atoms in total. The van der Waals surface area contributed by atoms with Crippen molar-refractivity contribution in [2.75, 3.05) is 18.5 Å². The van der Waals surface area contributed by atoms with Crippen LogP contribution in [0.4, 0.5) is 5.82 Å². The number of rotatable bonds is 5. The number of aromatic nitrogens is 2. The molecule has 0 fully saturated rings. The number of carbonyl (C=O) groups is 1. The van der Waals surface area contributed by atoms with Crippen LogP contribution in [-0.2, 0) is 4.79 Å². The zero-order valence-corrected chi connectivity index (χ0v) is 8.75. The quantitative estimate of drug-likeness (QED) is 0.606. The second-order valence-corrected chi connectivity index (χ2v) is 3.05. The van der Waals surface area contributed by atoms with Crippen molar-refractivity contribution in [3.63, 3.8) is 0 Å². The first kappa shape index (κ1) is 12.3. The lowest BCUT2D eigenvalue weighted by Gasteiger charge is -2.08. The molecule has 3 N–H and O–H groups in total. The number of amides is 1. The van der Waals surface area contributed by atoms with Crippen molar-refractivity contribution in [3.05, 3.63) is 12.3 Å². The molecule has 1 atom stereocenters. The van der Waals surface area contributed by atoms with Crippen LogP contribution in [0, 0.1) is 0 Å². The van der Waals surface area contributed by atoms with Crippen LogP contribution in [0.25, 0.3) is 0 Å². The van der Waals surface area contributed by atoms with E-state index in [1.807, 2.05) is 0 Å². The number of anilines is 1. The lowest BCUT2D eigenvalue weighted by molar-refractivity contribution is -0.114. The van der Waals surface area contributed by atoms with Gasteiger partial charge in [0.25, 0.3) is 0 Å². The maximum atomic E-state index is 10.8. The predicted molar refractivity (Wildman–Crippen MR) is 54.9 cm³/mol. The summed E-state index contributed by atoms with van der Waals surface area (Å²) in [4.78, 5) is 18.4. The van der Waals surface area contributed by atoms with Gasteiger partial charge in [-0.25, -0.2) is 4.98 Å². The van der Waals surface area contributed by atoms with Gasteiger partial charge < -0.3 is 20.3 Å². The van der Waals surface area contributed by atoms with Crippen molar-refractivity contribution in [1.29, 1.82) is 0 Å². The molecule has 1 aromatic heterocycles. The Labute approximate surface area is 92.1 Å². The summed E-state index contributed by atoms with van der Waals surface area (Å²) in [6.45, 7) is 0.851. The Bertz CT molecular complexity index is 358. The van der Waals surface area contributed by atoms with Gasteiger partial charge in [-0.3, -0.25) is 4.79 Å². The zero-order valence-electron chi connectivity index (χ0n) is 8.75. The summed E-state index contributed by atoms with van der Waals surface area (Å²) in [5.41, 5.74) is 0. The number of aliphatic hydroxyl groups is 2. The Kier molecular flexibility index (Phi) is 4.62. The third-order valence-electron chi connectivity index (χ3n) is 1.55. The van der Waals surface area contributed by atoms with Gasteiger partial charge in [-0.05, 0) is 6.07 Å². The van der Waals surface area contributed by atoms with Gasteiger partial charge in [0, 0.05) is 13.1 Å². The molecule has 0 saturated heterocycles. The summed E-state index contributed by atoms with van der Waals surface area (Å²) >= 11 is 0. The molecule has 0 bridgehead atoms. The molecular formula is C9H13N3O4. The minimum atomic E-state index is -0.979. The van der Waals surface area contributed by atoms with Crippen LogP contribution in [-0.4, -0.2) is 45.4 Å². The lowest BCUT2D eigenvalue weighted by atomic mass is 10.4. The molecule has 88 valence electrons. The van der Waals surface area contributed by atoms with Crippen molar-refractivity contribution >= 4 is 11.7 Å². The number of hydrogen-bond acceptors (Lipinski definition) is 6. The van der Waals surface area contributed by atoms with E-state index < -0.39 is 12.7 Å². The maximum absolute atomic E-state index is 10.8. The van der Waals surface area contributed by atoms with Crippen molar-refractivity contribution < 1.29 is 19.7 Å². The molecule has 0 unspecified atom stereocenters. The highest BCUT2D eigenvalue weighted by Crippen LogP contribution is 2.07. The minimum Gasteiger partial charge on any atom is -0.461 e. The first-order chi connectivity index (χ1) is 7.61. The molecule has 0 aromatic carbocycles. The van der Waals surface area contributed by atoms with Crippen molar-refractivity contribution in [2.45, 2.75) is 13.0 Å². The molecule has 1 rings (SSSR count). The van der Waals surface area contributed by atoms with E-state index in [4.69, 9.17) is 14.9 Å². The SMILES string of the molecule is CC(=O)Nc1ccnc(OC[C@@H](O)CO)n1. The molecule has 7 heteroatoms. The Morgan fingerprint density at radius 2 is 2.44 bits per heavy atom. The second-order valence-electron chi connectivity index (χ2n) is 3.05. The van der Waals surface area contributed by atoms with Crippen LogP contribution in [0.15, 0.2) is 12.3 Å². The molecule has 0 aliphatic heterocycles. The largest absolute Gasteiger partial charge is 0.461 e. The van der Waals surface area contributed by atoms with Crippen LogP contribution < -0.4 is 10.1 Å². The van der Waals surface area contributed by atoms with Crippen LogP contribution in [0.1, 0.15) is 6.92 Å². The highest BCUT2D eigenvalue weighted by atomic mass is 16.5. The lowest BCUT2D eigenvalue weighted by Crippen LogP contribution is -2.22. The van der Waals surface area contributed by atoms with E-state index in [0.29, 0.717) is 5.82 Å². The summed E-state index contributed by atoms with van der Waals surface area (Å²) in [7, 11) is 0. The van der Waals surface area contributed by atoms with E-state index in [9.17, 15) is 4.79 Å². The molecule has 0 aliphatic carbocycles. The summed E-state index contributed by atoms with van der Waals surface area (Å²) in [6, 6.07) is 1.54. The third kappa shape index (κ3) is 4.20. The molecule has 0 saturated carbocycles. The van der Waals surface area contributed by atoms with E-state index in [-0.39, 0.29) is 18.5 Å². The van der Waals surface area contributed by atoms with Gasteiger partial charge in [-0.15, -0.1) is 0 Å². The van der Waals surface area contributed by atoms with E-state index >= 15 is 0 Å². The highest BCUT2D eigenvalue weighted by molar-refractivity contribution is 5.87.